The first-order valence-electron chi connectivity index (χ1n) is 9.34. The van der Waals surface area contributed by atoms with Crippen LogP contribution in [0.4, 0.5) is 0 Å². The Morgan fingerprint density at radius 2 is 1.12 bits per heavy atom. The van der Waals surface area contributed by atoms with Crippen molar-refractivity contribution < 1.29 is 19.1 Å². The van der Waals surface area contributed by atoms with Gasteiger partial charge in [-0.3, -0.25) is 0 Å². The van der Waals surface area contributed by atoms with Crippen molar-refractivity contribution in [2.75, 3.05) is 13.2 Å². The van der Waals surface area contributed by atoms with Gasteiger partial charge in [0.1, 0.15) is 0 Å². The molecule has 0 heterocycles. The minimum absolute atomic E-state index is 0.395. The van der Waals surface area contributed by atoms with Gasteiger partial charge in [-0.15, -0.1) is 0 Å². The van der Waals surface area contributed by atoms with Crippen molar-refractivity contribution in [2.24, 2.45) is 0 Å². The van der Waals surface area contributed by atoms with E-state index in [9.17, 15) is 9.59 Å². The van der Waals surface area contributed by atoms with Gasteiger partial charge < -0.3 is 9.47 Å². The highest BCUT2D eigenvalue weighted by Crippen LogP contribution is 2.27. The van der Waals surface area contributed by atoms with Crippen molar-refractivity contribution in [3.8, 4) is 0 Å². The number of carbonyl (C=O) groups excluding carboxylic acids is 2. The van der Waals surface area contributed by atoms with E-state index in [0.717, 1.165) is 51.4 Å². The minimum atomic E-state index is -0.395. The monoisotopic (exact) mass is 490 g/mol. The predicted octanol–water partition coefficient (Wildman–Crippen LogP) is 6.69. The molecule has 0 aliphatic carbocycles. The molecule has 0 fully saturated rings. The molecule has 1 aromatic carbocycles. The molecule has 0 aliphatic rings. The van der Waals surface area contributed by atoms with Gasteiger partial charge in [-0.1, -0.05) is 52.4 Å². The van der Waals surface area contributed by atoms with Crippen molar-refractivity contribution in [2.45, 2.75) is 65.2 Å². The lowest BCUT2D eigenvalue weighted by molar-refractivity contribution is 0.0481. The number of unbranched alkanes of at least 4 members (excludes halogenated alkanes) is 6. The molecule has 0 unspecified atom stereocenters. The Morgan fingerprint density at radius 1 is 0.731 bits per heavy atom. The van der Waals surface area contributed by atoms with Crippen molar-refractivity contribution >= 4 is 43.8 Å². The van der Waals surface area contributed by atoms with Gasteiger partial charge in [0.05, 0.1) is 24.3 Å². The molecule has 1 aromatic rings. The van der Waals surface area contributed by atoms with Crippen LogP contribution >= 0.6 is 31.9 Å². The molecule has 6 heteroatoms. The van der Waals surface area contributed by atoms with Crippen molar-refractivity contribution in [3.05, 3.63) is 32.2 Å². The number of benzene rings is 1. The lowest BCUT2D eigenvalue weighted by atomic mass is 10.1. The van der Waals surface area contributed by atoms with Crippen LogP contribution in [0.2, 0.25) is 0 Å². The normalized spacial score (nSPS) is 10.6. The Labute approximate surface area is 173 Å². The third kappa shape index (κ3) is 8.21. The molecule has 146 valence electrons. The Bertz CT molecular complexity index is 536. The van der Waals surface area contributed by atoms with Gasteiger partial charge in [0.15, 0.2) is 0 Å². The zero-order valence-corrected chi connectivity index (χ0v) is 18.8. The topological polar surface area (TPSA) is 52.6 Å². The molecule has 4 nitrogen and oxygen atoms in total. The van der Waals surface area contributed by atoms with Crippen molar-refractivity contribution in [1.82, 2.24) is 0 Å². The predicted molar refractivity (Wildman–Crippen MR) is 111 cm³/mol. The first-order valence-corrected chi connectivity index (χ1v) is 10.9. The molecule has 0 aliphatic heterocycles. The molecule has 1 rings (SSSR count). The summed E-state index contributed by atoms with van der Waals surface area (Å²) in [4.78, 5) is 24.4. The minimum Gasteiger partial charge on any atom is -0.462 e. The third-order valence-corrected chi connectivity index (χ3v) is 5.27. The van der Waals surface area contributed by atoms with Crippen LogP contribution < -0.4 is 0 Å². The quantitative estimate of drug-likeness (QED) is 0.241. The van der Waals surface area contributed by atoms with E-state index in [0.29, 0.717) is 33.3 Å². The maximum Gasteiger partial charge on any atom is 0.339 e. The molecule has 0 bridgehead atoms. The second-order valence-electron chi connectivity index (χ2n) is 6.21. The van der Waals surface area contributed by atoms with Crippen LogP contribution in [0.1, 0.15) is 85.9 Å². The van der Waals surface area contributed by atoms with Gasteiger partial charge >= 0.3 is 11.9 Å². The number of ether oxygens (including phenoxy) is 2. The number of esters is 2. The Morgan fingerprint density at radius 3 is 1.46 bits per heavy atom. The molecule has 0 spiro atoms. The summed E-state index contributed by atoms with van der Waals surface area (Å²) in [6.45, 7) is 5.09. The van der Waals surface area contributed by atoms with E-state index in [2.05, 4.69) is 45.7 Å². The summed E-state index contributed by atoms with van der Waals surface area (Å²) < 4.78 is 11.7. The zero-order valence-electron chi connectivity index (χ0n) is 15.6. The Hall–Kier alpha value is -0.880. The van der Waals surface area contributed by atoms with E-state index < -0.39 is 11.9 Å². The van der Waals surface area contributed by atoms with Crippen LogP contribution in [0.15, 0.2) is 21.1 Å². The van der Waals surface area contributed by atoms with Crippen molar-refractivity contribution in [3.63, 3.8) is 0 Å². The summed E-state index contributed by atoms with van der Waals surface area (Å²) >= 11 is 6.71. The van der Waals surface area contributed by atoms with Gasteiger partial charge in [0, 0.05) is 8.95 Å². The summed E-state index contributed by atoms with van der Waals surface area (Å²) in [7, 11) is 0. The van der Waals surface area contributed by atoms with Gasteiger partial charge in [0.2, 0.25) is 0 Å². The first-order chi connectivity index (χ1) is 12.5. The third-order valence-electron chi connectivity index (χ3n) is 3.96. The van der Waals surface area contributed by atoms with Gasteiger partial charge in [-0.25, -0.2) is 9.59 Å². The van der Waals surface area contributed by atoms with Gasteiger partial charge in [0.25, 0.3) is 0 Å². The molecule has 0 aromatic heterocycles. The number of halogens is 2. The fourth-order valence-corrected chi connectivity index (χ4v) is 3.41. The molecule has 0 N–H and O–H groups in total. The smallest absolute Gasteiger partial charge is 0.339 e. The molecule has 0 saturated heterocycles. The average Bonchev–Trinajstić information content (AvgIpc) is 2.62. The summed E-state index contributed by atoms with van der Waals surface area (Å²) in [6.07, 6.45) is 8.40. The van der Waals surface area contributed by atoms with E-state index in [1.165, 1.54) is 0 Å². The Balaban J connectivity index is 2.60. The van der Waals surface area contributed by atoms with E-state index in [1.54, 1.807) is 12.1 Å². The largest absolute Gasteiger partial charge is 0.462 e. The maximum atomic E-state index is 12.2. The first kappa shape index (κ1) is 23.2. The van der Waals surface area contributed by atoms with E-state index in [1.807, 2.05) is 0 Å². The second kappa shape index (κ2) is 13.3. The standard InChI is InChI=1S/C20H28Br2O4/c1-3-5-7-9-11-25-19(23)15-13-18(22)16(14-17(15)21)20(24)26-12-10-8-6-4-2/h13-14H,3-12H2,1-2H3. The summed E-state index contributed by atoms with van der Waals surface area (Å²) in [5, 5.41) is 0. The van der Waals surface area contributed by atoms with Crippen molar-refractivity contribution in [1.29, 1.82) is 0 Å². The molecular formula is C20H28Br2O4. The highest BCUT2D eigenvalue weighted by atomic mass is 79.9. The van der Waals surface area contributed by atoms with E-state index in [-0.39, 0.29) is 0 Å². The fraction of sp³-hybridized carbons (Fsp3) is 0.600. The van der Waals surface area contributed by atoms with Crippen LogP contribution in [0.25, 0.3) is 0 Å². The second-order valence-corrected chi connectivity index (χ2v) is 7.91. The Kier molecular flexibility index (Phi) is 11.9. The summed E-state index contributed by atoms with van der Waals surface area (Å²) in [6, 6.07) is 3.21. The van der Waals surface area contributed by atoms with Gasteiger partial charge in [-0.05, 0) is 56.8 Å². The molecule has 0 atom stereocenters. The maximum absolute atomic E-state index is 12.2. The van der Waals surface area contributed by atoms with E-state index >= 15 is 0 Å². The van der Waals surface area contributed by atoms with Crippen LogP contribution in [-0.4, -0.2) is 25.2 Å². The number of carbonyl (C=O) groups is 2. The number of hydrogen-bond donors (Lipinski definition) is 0. The highest BCUT2D eigenvalue weighted by molar-refractivity contribution is 9.11. The highest BCUT2D eigenvalue weighted by Gasteiger charge is 2.19. The molecule has 0 amide bonds. The van der Waals surface area contributed by atoms with Crippen LogP contribution in [-0.2, 0) is 9.47 Å². The van der Waals surface area contributed by atoms with Crippen LogP contribution in [0.5, 0.6) is 0 Å². The number of hydrogen-bond acceptors (Lipinski definition) is 4. The summed E-state index contributed by atoms with van der Waals surface area (Å²) in [5.41, 5.74) is 0.790. The average molecular weight is 492 g/mol. The van der Waals surface area contributed by atoms with E-state index in [4.69, 9.17) is 9.47 Å². The SMILES string of the molecule is CCCCCCOC(=O)c1cc(Br)c(C(=O)OCCCCCC)cc1Br. The van der Waals surface area contributed by atoms with Crippen LogP contribution in [0.3, 0.4) is 0 Å². The molecular weight excluding hydrogens is 464 g/mol. The van der Waals surface area contributed by atoms with Gasteiger partial charge in [-0.2, -0.15) is 0 Å². The number of rotatable bonds is 12. The lowest BCUT2D eigenvalue weighted by Gasteiger charge is -2.10. The molecule has 0 radical (unpaired) electrons. The van der Waals surface area contributed by atoms with Crippen LogP contribution in [0, 0.1) is 0 Å². The summed E-state index contributed by atoms with van der Waals surface area (Å²) in [5.74, 6) is -0.790. The lowest BCUT2D eigenvalue weighted by Crippen LogP contribution is -2.11. The fourth-order valence-electron chi connectivity index (χ4n) is 2.40. The molecule has 26 heavy (non-hydrogen) atoms. The zero-order chi connectivity index (χ0) is 19.4. The molecule has 0 saturated carbocycles.